The average molecular weight is 427 g/mol. The number of nitrogens with one attached hydrogen (secondary N) is 1. The second-order valence-electron chi connectivity index (χ2n) is 6.05. The van der Waals surface area contributed by atoms with Gasteiger partial charge in [-0.3, -0.25) is 19.1 Å². The molecule has 0 bridgehead atoms. The van der Waals surface area contributed by atoms with E-state index in [2.05, 4.69) is 20.3 Å². The molecule has 2 aliphatic rings. The summed E-state index contributed by atoms with van der Waals surface area (Å²) in [5.74, 6) is -0.595. The molecule has 2 aliphatic heterocycles. The summed E-state index contributed by atoms with van der Waals surface area (Å²) >= 11 is 0. The zero-order valence-corrected chi connectivity index (χ0v) is 15.7. The van der Waals surface area contributed by atoms with E-state index in [4.69, 9.17) is 4.74 Å². The van der Waals surface area contributed by atoms with Crippen molar-refractivity contribution >= 4 is 28.8 Å². The third-order valence-corrected chi connectivity index (χ3v) is 4.46. The van der Waals surface area contributed by atoms with E-state index < -0.39 is 43.0 Å². The standard InChI is InChI=1S/C15H16N6O6.V/c22-3-7-11(25)12(26)15(27-7)21-5-18-10-13(16-4-17-14(10)21)19-6-20-8(23)1-2-9(20)24;/h1-2,4-5,7,11-12,15,22,25-26H,3,6H2,(H,16,17,19);/t7-,11?,12?,15-;/m1./s1. The Morgan fingerprint density at radius 3 is 2.46 bits per heavy atom. The molecule has 4 rings (SSSR count). The number of rotatable bonds is 5. The number of carbonyl (C=O) groups is 2. The van der Waals surface area contributed by atoms with E-state index in [0.717, 1.165) is 4.90 Å². The van der Waals surface area contributed by atoms with Gasteiger partial charge in [-0.1, -0.05) is 0 Å². The summed E-state index contributed by atoms with van der Waals surface area (Å²) in [6, 6.07) is 0. The van der Waals surface area contributed by atoms with E-state index in [1.165, 1.54) is 29.4 Å². The van der Waals surface area contributed by atoms with Crippen molar-refractivity contribution in [3.8, 4) is 0 Å². The Balaban J connectivity index is 0.00000225. The summed E-state index contributed by atoms with van der Waals surface area (Å²) in [6.07, 6.45) is 0.506. The Morgan fingerprint density at radius 1 is 1.11 bits per heavy atom. The number of hydrogen-bond acceptors (Lipinski definition) is 10. The number of imidazole rings is 1. The molecule has 2 aromatic heterocycles. The van der Waals surface area contributed by atoms with Crippen molar-refractivity contribution in [1.29, 1.82) is 0 Å². The first-order valence-corrected chi connectivity index (χ1v) is 8.08. The molecule has 0 aliphatic carbocycles. The number of anilines is 1. The van der Waals surface area contributed by atoms with Crippen molar-refractivity contribution in [2.75, 3.05) is 18.6 Å². The van der Waals surface area contributed by atoms with Crippen LogP contribution in [0.2, 0.25) is 0 Å². The molecule has 2 unspecified atom stereocenters. The number of hydrogen-bond donors (Lipinski definition) is 4. The normalized spacial score (nSPS) is 26.9. The smallest absolute Gasteiger partial charge is 0.255 e. The fourth-order valence-electron chi connectivity index (χ4n) is 3.02. The van der Waals surface area contributed by atoms with Gasteiger partial charge in [-0.15, -0.1) is 0 Å². The van der Waals surface area contributed by atoms with E-state index >= 15 is 0 Å². The van der Waals surface area contributed by atoms with Gasteiger partial charge in [0.05, 0.1) is 19.6 Å². The molecule has 0 saturated carbocycles. The van der Waals surface area contributed by atoms with E-state index in [9.17, 15) is 24.9 Å². The Kier molecular flexibility index (Phi) is 5.79. The number of fused-ring (bicyclic) bond motifs is 1. The minimum Gasteiger partial charge on any atom is -0.394 e. The van der Waals surface area contributed by atoms with Crippen LogP contribution < -0.4 is 5.32 Å². The summed E-state index contributed by atoms with van der Waals surface area (Å²) in [7, 11) is 0. The van der Waals surface area contributed by atoms with Crippen molar-refractivity contribution in [3.05, 3.63) is 24.8 Å². The molecule has 13 heteroatoms. The van der Waals surface area contributed by atoms with Crippen LogP contribution in [-0.4, -0.2) is 83.1 Å². The predicted molar refractivity (Wildman–Crippen MR) is 87.8 cm³/mol. The first-order chi connectivity index (χ1) is 13.0. The number of amides is 2. The molecule has 1 radical (unpaired) electrons. The molecule has 28 heavy (non-hydrogen) atoms. The maximum atomic E-state index is 11.6. The van der Waals surface area contributed by atoms with Crippen LogP contribution in [0.25, 0.3) is 11.2 Å². The Morgan fingerprint density at radius 2 is 1.82 bits per heavy atom. The molecular formula is C15H16N6O6V. The number of imide groups is 1. The third kappa shape index (κ3) is 3.30. The topological polar surface area (TPSA) is 163 Å². The molecule has 147 valence electrons. The summed E-state index contributed by atoms with van der Waals surface area (Å²) in [6.45, 7) is -0.549. The van der Waals surface area contributed by atoms with Gasteiger partial charge in [-0.05, 0) is 0 Å². The van der Waals surface area contributed by atoms with Crippen LogP contribution in [0.3, 0.4) is 0 Å². The Labute approximate surface area is 169 Å². The van der Waals surface area contributed by atoms with Gasteiger partial charge in [0.25, 0.3) is 11.8 Å². The van der Waals surface area contributed by atoms with Crippen molar-refractivity contribution in [2.45, 2.75) is 24.5 Å². The molecule has 2 aromatic rings. The monoisotopic (exact) mass is 427 g/mol. The zero-order chi connectivity index (χ0) is 19.1. The van der Waals surface area contributed by atoms with Gasteiger partial charge in [0.15, 0.2) is 23.2 Å². The molecule has 0 spiro atoms. The van der Waals surface area contributed by atoms with E-state index in [-0.39, 0.29) is 31.0 Å². The first kappa shape index (κ1) is 20.4. The Bertz CT molecular complexity index is 917. The van der Waals surface area contributed by atoms with Gasteiger partial charge in [-0.25, -0.2) is 15.0 Å². The van der Waals surface area contributed by atoms with Crippen LogP contribution >= 0.6 is 0 Å². The van der Waals surface area contributed by atoms with Gasteiger partial charge in [0.1, 0.15) is 24.6 Å². The minimum atomic E-state index is -1.28. The second-order valence-corrected chi connectivity index (χ2v) is 6.05. The SMILES string of the molecule is O=C1C=CC(=O)N1CNc1ncnc2c1ncn2[C@@H]1O[C@H](CO)C(O)C1O.[V]. The Hall–Kier alpha value is -2.35. The molecule has 2 amide bonds. The number of aliphatic hydroxyl groups excluding tert-OH is 3. The van der Waals surface area contributed by atoms with Gasteiger partial charge in [-0.2, -0.15) is 0 Å². The van der Waals surface area contributed by atoms with Crippen LogP contribution in [0.4, 0.5) is 5.82 Å². The van der Waals surface area contributed by atoms with Crippen LogP contribution in [0.5, 0.6) is 0 Å². The number of nitrogens with zero attached hydrogens (tertiary/aromatic N) is 5. The zero-order valence-electron chi connectivity index (χ0n) is 14.3. The molecule has 12 nitrogen and oxygen atoms in total. The van der Waals surface area contributed by atoms with Crippen LogP contribution in [0, 0.1) is 0 Å². The van der Waals surface area contributed by atoms with Gasteiger partial charge in [0.2, 0.25) is 0 Å². The van der Waals surface area contributed by atoms with E-state index in [1.54, 1.807) is 0 Å². The summed E-state index contributed by atoms with van der Waals surface area (Å²) in [4.78, 5) is 36.6. The van der Waals surface area contributed by atoms with E-state index in [0.29, 0.717) is 11.2 Å². The van der Waals surface area contributed by atoms with Gasteiger partial charge in [0, 0.05) is 30.7 Å². The molecule has 0 aromatic carbocycles. The van der Waals surface area contributed by atoms with Crippen molar-refractivity contribution in [3.63, 3.8) is 0 Å². The molecular weight excluding hydrogens is 411 g/mol. The van der Waals surface area contributed by atoms with Crippen molar-refractivity contribution in [1.82, 2.24) is 24.4 Å². The number of aromatic nitrogens is 4. The quantitative estimate of drug-likeness (QED) is 0.383. The van der Waals surface area contributed by atoms with Gasteiger partial charge >= 0.3 is 0 Å². The summed E-state index contributed by atoms with van der Waals surface area (Å²) in [5.41, 5.74) is 0.627. The number of carbonyl (C=O) groups excluding carboxylic acids is 2. The molecule has 4 atom stereocenters. The largest absolute Gasteiger partial charge is 0.394 e. The fourth-order valence-corrected chi connectivity index (χ4v) is 3.02. The van der Waals surface area contributed by atoms with Crippen LogP contribution in [-0.2, 0) is 32.9 Å². The fraction of sp³-hybridized carbons (Fsp3) is 0.400. The first-order valence-electron chi connectivity index (χ1n) is 8.08. The predicted octanol–water partition coefficient (Wildman–Crippen LogP) is -2.27. The molecule has 4 heterocycles. The van der Waals surface area contributed by atoms with Crippen molar-refractivity contribution < 1.29 is 48.2 Å². The summed E-state index contributed by atoms with van der Waals surface area (Å²) in [5, 5.41) is 32.2. The van der Waals surface area contributed by atoms with Gasteiger partial charge < -0.3 is 25.4 Å². The van der Waals surface area contributed by atoms with Crippen molar-refractivity contribution in [2.24, 2.45) is 0 Å². The summed E-state index contributed by atoms with van der Waals surface area (Å²) < 4.78 is 6.90. The van der Waals surface area contributed by atoms with Crippen LogP contribution in [0.15, 0.2) is 24.8 Å². The minimum absolute atomic E-state index is 0. The average Bonchev–Trinajstić information content (AvgIpc) is 3.31. The number of aliphatic hydroxyl groups is 3. The van der Waals surface area contributed by atoms with Crippen LogP contribution in [0.1, 0.15) is 6.23 Å². The maximum Gasteiger partial charge on any atom is 0.255 e. The van der Waals surface area contributed by atoms with E-state index in [1.807, 2.05) is 0 Å². The number of ether oxygens (including phenoxy) is 1. The second kappa shape index (κ2) is 7.95. The molecule has 1 saturated heterocycles. The molecule has 1 fully saturated rings. The third-order valence-electron chi connectivity index (χ3n) is 4.46. The maximum absolute atomic E-state index is 11.6. The molecule has 4 N–H and O–H groups in total.